The van der Waals surface area contributed by atoms with E-state index < -0.39 is 0 Å². The van der Waals surface area contributed by atoms with Gasteiger partial charge in [-0.2, -0.15) is 0 Å². The number of hydrogen-bond acceptors (Lipinski definition) is 3. The van der Waals surface area contributed by atoms with Gasteiger partial charge in [0.25, 0.3) is 5.56 Å². The van der Waals surface area contributed by atoms with Crippen LogP contribution in [0.25, 0.3) is 10.9 Å². The molecule has 0 aliphatic carbocycles. The fourth-order valence-corrected chi connectivity index (χ4v) is 4.14. The Morgan fingerprint density at radius 2 is 1.74 bits per heavy atom. The van der Waals surface area contributed by atoms with E-state index in [0.29, 0.717) is 23.8 Å². The van der Waals surface area contributed by atoms with E-state index >= 15 is 0 Å². The third-order valence-electron chi connectivity index (χ3n) is 5.79. The molecule has 1 aromatic heterocycles. The van der Waals surface area contributed by atoms with Crippen molar-refractivity contribution in [2.75, 3.05) is 13.7 Å². The second kappa shape index (κ2) is 11.0. The van der Waals surface area contributed by atoms with E-state index in [4.69, 9.17) is 17.0 Å². The molecule has 0 aliphatic heterocycles. The highest BCUT2D eigenvalue weighted by molar-refractivity contribution is 7.80. The summed E-state index contributed by atoms with van der Waals surface area (Å²) in [6, 6.07) is 26.3. The number of ether oxygens (including phenoxy) is 1. The standard InChI is InChI=1S/C28H29N3O2S/c1-20-8-11-23-17-24(27(32)30-26(23)16-20)19-31(18-22-9-12-25(33-2)13-10-22)28(34)29-15-14-21-6-4-3-5-7-21/h3-13,16-17H,14-15,18-19H2,1-2H3,(H,29,34)(H,30,32). The molecule has 0 radical (unpaired) electrons. The molecule has 0 bridgehead atoms. The van der Waals surface area contributed by atoms with Crippen molar-refractivity contribution >= 4 is 28.2 Å². The van der Waals surface area contributed by atoms with E-state index in [1.165, 1.54) is 5.56 Å². The summed E-state index contributed by atoms with van der Waals surface area (Å²) in [6.07, 6.45) is 0.868. The number of methoxy groups -OCH3 is 1. The van der Waals surface area contributed by atoms with E-state index in [0.717, 1.165) is 40.7 Å². The Labute approximate surface area is 205 Å². The maximum atomic E-state index is 12.9. The molecule has 0 atom stereocenters. The molecule has 2 N–H and O–H groups in total. The van der Waals surface area contributed by atoms with Gasteiger partial charge in [0.05, 0.1) is 13.7 Å². The smallest absolute Gasteiger partial charge is 0.253 e. The van der Waals surface area contributed by atoms with Crippen molar-refractivity contribution in [1.29, 1.82) is 0 Å². The van der Waals surface area contributed by atoms with Crippen molar-refractivity contribution < 1.29 is 4.74 Å². The predicted molar refractivity (Wildman–Crippen MR) is 142 cm³/mol. The lowest BCUT2D eigenvalue weighted by molar-refractivity contribution is 0.395. The van der Waals surface area contributed by atoms with Gasteiger partial charge >= 0.3 is 0 Å². The third-order valence-corrected chi connectivity index (χ3v) is 6.19. The number of rotatable bonds is 8. The first-order valence-corrected chi connectivity index (χ1v) is 11.7. The monoisotopic (exact) mass is 471 g/mol. The molecule has 0 amide bonds. The molecule has 6 heteroatoms. The number of thiocarbonyl (C=S) groups is 1. The fourth-order valence-electron chi connectivity index (χ4n) is 3.90. The zero-order chi connectivity index (χ0) is 23.9. The van der Waals surface area contributed by atoms with Crippen LogP contribution in [-0.2, 0) is 19.5 Å². The molecule has 5 nitrogen and oxygen atoms in total. The van der Waals surface area contributed by atoms with Crippen LogP contribution in [0.3, 0.4) is 0 Å². The number of aromatic nitrogens is 1. The van der Waals surface area contributed by atoms with E-state index in [1.54, 1.807) is 7.11 Å². The average molecular weight is 472 g/mol. The summed E-state index contributed by atoms with van der Waals surface area (Å²) < 4.78 is 5.28. The second-order valence-electron chi connectivity index (χ2n) is 8.39. The first kappa shape index (κ1) is 23.5. The van der Waals surface area contributed by atoms with Gasteiger partial charge in [0, 0.05) is 24.2 Å². The van der Waals surface area contributed by atoms with Crippen molar-refractivity contribution in [1.82, 2.24) is 15.2 Å². The lowest BCUT2D eigenvalue weighted by Gasteiger charge is -2.26. The molecule has 1 heterocycles. The Kier molecular flexibility index (Phi) is 7.60. The Hall–Kier alpha value is -3.64. The molecule has 34 heavy (non-hydrogen) atoms. The van der Waals surface area contributed by atoms with E-state index in [9.17, 15) is 4.79 Å². The molecule has 174 valence electrons. The highest BCUT2D eigenvalue weighted by atomic mass is 32.1. The minimum atomic E-state index is -0.0927. The van der Waals surface area contributed by atoms with E-state index in [1.807, 2.05) is 72.5 Å². The SMILES string of the molecule is COc1ccc(CN(Cc2cc3ccc(C)cc3[nH]c2=O)C(=S)NCCc2ccccc2)cc1. The summed E-state index contributed by atoms with van der Waals surface area (Å²) >= 11 is 5.77. The van der Waals surface area contributed by atoms with Crippen LogP contribution in [0.1, 0.15) is 22.3 Å². The van der Waals surface area contributed by atoms with Gasteiger partial charge < -0.3 is 19.9 Å². The van der Waals surface area contributed by atoms with Crippen LogP contribution < -0.4 is 15.6 Å². The summed E-state index contributed by atoms with van der Waals surface area (Å²) in [5.74, 6) is 0.806. The zero-order valence-electron chi connectivity index (χ0n) is 19.5. The number of nitrogens with one attached hydrogen (secondary N) is 2. The van der Waals surface area contributed by atoms with Crippen molar-refractivity contribution in [2.45, 2.75) is 26.4 Å². The first-order valence-electron chi connectivity index (χ1n) is 11.3. The summed E-state index contributed by atoms with van der Waals surface area (Å²) in [5, 5.41) is 5.01. The number of pyridine rings is 1. The van der Waals surface area contributed by atoms with Crippen molar-refractivity contribution in [3.63, 3.8) is 0 Å². The molecule has 3 aromatic carbocycles. The van der Waals surface area contributed by atoms with E-state index in [2.05, 4.69) is 28.5 Å². The Morgan fingerprint density at radius 1 is 0.971 bits per heavy atom. The summed E-state index contributed by atoms with van der Waals surface area (Å²) in [4.78, 5) is 17.9. The molecule has 0 fully saturated rings. The topological polar surface area (TPSA) is 57.4 Å². The van der Waals surface area contributed by atoms with Gasteiger partial charge in [0.2, 0.25) is 0 Å². The number of H-pyrrole nitrogens is 1. The molecular formula is C28H29N3O2S. The molecule has 4 aromatic rings. The van der Waals surface area contributed by atoms with Crippen LogP contribution in [0.4, 0.5) is 0 Å². The lowest BCUT2D eigenvalue weighted by atomic mass is 10.1. The lowest BCUT2D eigenvalue weighted by Crippen LogP contribution is -2.40. The molecule has 0 saturated carbocycles. The third kappa shape index (κ3) is 6.02. The fraction of sp³-hybridized carbons (Fsp3) is 0.214. The highest BCUT2D eigenvalue weighted by Crippen LogP contribution is 2.17. The summed E-state index contributed by atoms with van der Waals surface area (Å²) in [5.41, 5.74) is 4.88. The van der Waals surface area contributed by atoms with Crippen LogP contribution in [0.2, 0.25) is 0 Å². The van der Waals surface area contributed by atoms with Crippen LogP contribution in [0.15, 0.2) is 83.7 Å². The van der Waals surface area contributed by atoms with Gasteiger partial charge in [-0.15, -0.1) is 0 Å². The highest BCUT2D eigenvalue weighted by Gasteiger charge is 2.14. The number of benzene rings is 3. The quantitative estimate of drug-likeness (QED) is 0.356. The summed E-state index contributed by atoms with van der Waals surface area (Å²) in [6.45, 7) is 3.71. The van der Waals surface area contributed by atoms with Crippen LogP contribution >= 0.6 is 12.2 Å². The maximum absolute atomic E-state index is 12.9. The van der Waals surface area contributed by atoms with Gasteiger partial charge in [-0.05, 0) is 71.9 Å². The van der Waals surface area contributed by atoms with Crippen molar-refractivity contribution in [3.8, 4) is 5.75 Å². The van der Waals surface area contributed by atoms with Crippen molar-refractivity contribution in [3.05, 3.63) is 111 Å². The minimum absolute atomic E-state index is 0.0927. The second-order valence-corrected chi connectivity index (χ2v) is 8.77. The van der Waals surface area contributed by atoms with Gasteiger partial charge in [0.1, 0.15) is 5.75 Å². The normalized spacial score (nSPS) is 10.8. The van der Waals surface area contributed by atoms with Crippen LogP contribution in [-0.4, -0.2) is 28.7 Å². The Balaban J connectivity index is 1.54. The minimum Gasteiger partial charge on any atom is -0.497 e. The number of hydrogen-bond donors (Lipinski definition) is 2. The first-order chi connectivity index (χ1) is 16.5. The van der Waals surface area contributed by atoms with Gasteiger partial charge in [-0.3, -0.25) is 4.79 Å². The average Bonchev–Trinajstić information content (AvgIpc) is 2.85. The summed E-state index contributed by atoms with van der Waals surface area (Å²) in [7, 11) is 1.65. The van der Waals surface area contributed by atoms with Gasteiger partial charge in [0.15, 0.2) is 5.11 Å². The number of nitrogens with zero attached hydrogens (tertiary/aromatic N) is 1. The van der Waals surface area contributed by atoms with Crippen LogP contribution in [0.5, 0.6) is 5.75 Å². The van der Waals surface area contributed by atoms with Crippen LogP contribution in [0, 0.1) is 6.92 Å². The molecule has 0 unspecified atom stereocenters. The molecule has 0 spiro atoms. The molecule has 0 saturated heterocycles. The molecular weight excluding hydrogens is 442 g/mol. The number of aryl methyl sites for hydroxylation is 1. The van der Waals surface area contributed by atoms with Gasteiger partial charge in [-0.25, -0.2) is 0 Å². The van der Waals surface area contributed by atoms with E-state index in [-0.39, 0.29) is 5.56 Å². The molecule has 4 rings (SSSR count). The Morgan fingerprint density at radius 3 is 2.47 bits per heavy atom. The van der Waals surface area contributed by atoms with Gasteiger partial charge in [-0.1, -0.05) is 54.6 Å². The zero-order valence-corrected chi connectivity index (χ0v) is 20.3. The molecule has 0 aliphatic rings. The maximum Gasteiger partial charge on any atom is 0.253 e. The van der Waals surface area contributed by atoms with Crippen molar-refractivity contribution in [2.24, 2.45) is 0 Å². The largest absolute Gasteiger partial charge is 0.497 e. The number of fused-ring (bicyclic) bond motifs is 1. The Bertz CT molecular complexity index is 1320. The number of aromatic amines is 1. The predicted octanol–water partition coefficient (Wildman–Crippen LogP) is 4.96.